The lowest BCUT2D eigenvalue weighted by Gasteiger charge is -2.11. The summed E-state index contributed by atoms with van der Waals surface area (Å²) in [4.78, 5) is 3.05. The minimum atomic E-state index is 0.641. The Hall–Kier alpha value is -0.340. The van der Waals surface area contributed by atoms with Crippen molar-refractivity contribution in [3.05, 3.63) is 21.4 Å². The highest BCUT2D eigenvalue weighted by Gasteiger charge is 2.19. The lowest BCUT2D eigenvalue weighted by atomic mass is 9.97. The van der Waals surface area contributed by atoms with E-state index in [1.807, 2.05) is 11.3 Å². The molecule has 0 spiro atoms. The third kappa shape index (κ3) is 1.79. The molecule has 0 bridgehead atoms. The van der Waals surface area contributed by atoms with E-state index in [0.29, 0.717) is 5.92 Å². The van der Waals surface area contributed by atoms with Crippen molar-refractivity contribution in [2.45, 2.75) is 38.5 Å². The third-order valence-corrected chi connectivity index (χ3v) is 4.02. The Morgan fingerprint density at radius 1 is 1.54 bits per heavy atom. The Bertz CT molecular complexity index is 290. The second-order valence-corrected chi connectivity index (χ2v) is 5.25. The summed E-state index contributed by atoms with van der Waals surface area (Å²) < 4.78 is 0. The molecule has 13 heavy (non-hydrogen) atoms. The van der Waals surface area contributed by atoms with Gasteiger partial charge in [-0.3, -0.25) is 0 Å². The molecule has 0 aliphatic heterocycles. The molecule has 2 heteroatoms. The van der Waals surface area contributed by atoms with Crippen molar-refractivity contribution in [2.75, 3.05) is 6.54 Å². The first kappa shape index (κ1) is 9.22. The zero-order chi connectivity index (χ0) is 9.26. The first-order chi connectivity index (χ1) is 6.31. The average molecular weight is 195 g/mol. The fraction of sp³-hybridized carbons (Fsp3) is 0.636. The number of hydrogen-bond donors (Lipinski definition) is 1. The molecular weight excluding hydrogens is 178 g/mol. The molecule has 0 radical (unpaired) electrons. The molecule has 0 fully saturated rings. The number of nitrogens with two attached hydrogens (primary N) is 1. The van der Waals surface area contributed by atoms with E-state index in [9.17, 15) is 0 Å². The molecule has 1 aromatic heterocycles. The summed E-state index contributed by atoms with van der Waals surface area (Å²) in [5, 5.41) is 0. The number of fused-ring (bicyclic) bond motifs is 1. The van der Waals surface area contributed by atoms with Crippen molar-refractivity contribution in [1.82, 2.24) is 0 Å². The SMILES string of the molecule is Cc1cc2c(s1)CCCCC2CN. The molecule has 1 aliphatic rings. The summed E-state index contributed by atoms with van der Waals surface area (Å²) in [5.41, 5.74) is 7.36. The van der Waals surface area contributed by atoms with E-state index in [0.717, 1.165) is 6.54 Å². The number of rotatable bonds is 1. The summed E-state index contributed by atoms with van der Waals surface area (Å²) in [6.45, 7) is 3.02. The van der Waals surface area contributed by atoms with Gasteiger partial charge in [0, 0.05) is 9.75 Å². The second kappa shape index (κ2) is 3.81. The Labute approximate surface area is 84.0 Å². The predicted octanol–water partition coefficient (Wildman–Crippen LogP) is 2.83. The monoisotopic (exact) mass is 195 g/mol. The van der Waals surface area contributed by atoms with E-state index in [1.165, 1.54) is 30.6 Å². The minimum Gasteiger partial charge on any atom is -0.330 e. The van der Waals surface area contributed by atoms with Crippen LogP contribution >= 0.6 is 11.3 Å². The van der Waals surface area contributed by atoms with Gasteiger partial charge in [0.1, 0.15) is 0 Å². The van der Waals surface area contributed by atoms with E-state index in [-0.39, 0.29) is 0 Å². The number of thiophene rings is 1. The van der Waals surface area contributed by atoms with Gasteiger partial charge in [-0.1, -0.05) is 6.42 Å². The van der Waals surface area contributed by atoms with Gasteiger partial charge in [-0.25, -0.2) is 0 Å². The van der Waals surface area contributed by atoms with Gasteiger partial charge in [-0.2, -0.15) is 0 Å². The molecular formula is C11H17NS. The van der Waals surface area contributed by atoms with Crippen molar-refractivity contribution < 1.29 is 0 Å². The number of hydrogen-bond acceptors (Lipinski definition) is 2. The van der Waals surface area contributed by atoms with Crippen LogP contribution in [0.25, 0.3) is 0 Å². The molecule has 1 aliphatic carbocycles. The van der Waals surface area contributed by atoms with Gasteiger partial charge in [-0.15, -0.1) is 11.3 Å². The van der Waals surface area contributed by atoms with E-state index >= 15 is 0 Å². The normalized spacial score (nSPS) is 22.5. The maximum atomic E-state index is 5.80. The van der Waals surface area contributed by atoms with Crippen LogP contribution in [-0.2, 0) is 6.42 Å². The van der Waals surface area contributed by atoms with Crippen molar-refractivity contribution in [3.63, 3.8) is 0 Å². The highest BCUT2D eigenvalue weighted by Crippen LogP contribution is 2.34. The Morgan fingerprint density at radius 3 is 3.15 bits per heavy atom. The summed E-state index contributed by atoms with van der Waals surface area (Å²) in [6, 6.07) is 2.35. The zero-order valence-electron chi connectivity index (χ0n) is 8.18. The Kier molecular flexibility index (Phi) is 2.70. The largest absolute Gasteiger partial charge is 0.330 e. The van der Waals surface area contributed by atoms with E-state index in [4.69, 9.17) is 5.73 Å². The van der Waals surface area contributed by atoms with Crippen LogP contribution in [0.15, 0.2) is 6.07 Å². The van der Waals surface area contributed by atoms with Gasteiger partial charge in [-0.05, 0) is 50.3 Å². The van der Waals surface area contributed by atoms with Crippen LogP contribution in [0.1, 0.15) is 40.5 Å². The van der Waals surface area contributed by atoms with E-state index in [1.54, 1.807) is 10.4 Å². The quantitative estimate of drug-likeness (QED) is 0.685. The maximum Gasteiger partial charge on any atom is 0.00833 e. The van der Waals surface area contributed by atoms with Gasteiger partial charge in [0.2, 0.25) is 0 Å². The van der Waals surface area contributed by atoms with Crippen molar-refractivity contribution in [3.8, 4) is 0 Å². The lowest BCUT2D eigenvalue weighted by molar-refractivity contribution is 0.603. The van der Waals surface area contributed by atoms with Crippen LogP contribution in [0.4, 0.5) is 0 Å². The van der Waals surface area contributed by atoms with Crippen LogP contribution in [0.5, 0.6) is 0 Å². The van der Waals surface area contributed by atoms with E-state index in [2.05, 4.69) is 13.0 Å². The third-order valence-electron chi connectivity index (χ3n) is 2.90. The van der Waals surface area contributed by atoms with Gasteiger partial charge in [0.15, 0.2) is 0 Å². The van der Waals surface area contributed by atoms with Gasteiger partial charge in [0.05, 0.1) is 0 Å². The maximum absolute atomic E-state index is 5.80. The number of aryl methyl sites for hydroxylation is 2. The van der Waals surface area contributed by atoms with Gasteiger partial charge >= 0.3 is 0 Å². The molecule has 0 saturated carbocycles. The van der Waals surface area contributed by atoms with Crippen LogP contribution in [0.3, 0.4) is 0 Å². The highest BCUT2D eigenvalue weighted by atomic mass is 32.1. The van der Waals surface area contributed by atoms with Crippen LogP contribution < -0.4 is 5.73 Å². The summed E-state index contributed by atoms with van der Waals surface area (Å²) in [6.07, 6.45) is 5.27. The molecule has 2 N–H and O–H groups in total. The van der Waals surface area contributed by atoms with Gasteiger partial charge < -0.3 is 5.73 Å². The molecule has 0 aromatic carbocycles. The zero-order valence-corrected chi connectivity index (χ0v) is 8.99. The Morgan fingerprint density at radius 2 is 2.38 bits per heavy atom. The molecule has 2 rings (SSSR count). The predicted molar refractivity (Wildman–Crippen MR) is 58.4 cm³/mol. The minimum absolute atomic E-state index is 0.641. The first-order valence-corrected chi connectivity index (χ1v) is 5.92. The molecule has 1 unspecified atom stereocenters. The van der Waals surface area contributed by atoms with Crippen LogP contribution in [0, 0.1) is 6.92 Å². The molecule has 1 aromatic rings. The second-order valence-electron chi connectivity index (χ2n) is 3.91. The molecule has 1 heterocycles. The fourth-order valence-corrected chi connectivity index (χ4v) is 3.36. The Balaban J connectivity index is 2.34. The fourth-order valence-electron chi connectivity index (χ4n) is 2.20. The van der Waals surface area contributed by atoms with Crippen LogP contribution in [0.2, 0.25) is 0 Å². The van der Waals surface area contributed by atoms with Gasteiger partial charge in [0.25, 0.3) is 0 Å². The highest BCUT2D eigenvalue weighted by molar-refractivity contribution is 7.12. The van der Waals surface area contributed by atoms with Crippen molar-refractivity contribution in [2.24, 2.45) is 5.73 Å². The first-order valence-electron chi connectivity index (χ1n) is 5.10. The molecule has 1 nitrogen and oxygen atoms in total. The molecule has 0 amide bonds. The van der Waals surface area contributed by atoms with Crippen molar-refractivity contribution >= 4 is 11.3 Å². The molecule has 1 atom stereocenters. The average Bonchev–Trinajstić information content (AvgIpc) is 2.37. The smallest absolute Gasteiger partial charge is 0.00833 e. The van der Waals surface area contributed by atoms with Crippen molar-refractivity contribution in [1.29, 1.82) is 0 Å². The summed E-state index contributed by atoms with van der Waals surface area (Å²) >= 11 is 1.97. The summed E-state index contributed by atoms with van der Waals surface area (Å²) in [7, 11) is 0. The van der Waals surface area contributed by atoms with Crippen LogP contribution in [-0.4, -0.2) is 6.54 Å². The molecule has 0 saturated heterocycles. The lowest BCUT2D eigenvalue weighted by Crippen LogP contribution is -2.11. The van der Waals surface area contributed by atoms with E-state index < -0.39 is 0 Å². The summed E-state index contributed by atoms with van der Waals surface area (Å²) in [5.74, 6) is 0.641. The molecule has 72 valence electrons. The topological polar surface area (TPSA) is 26.0 Å². The standard InChI is InChI=1S/C11H17NS/c1-8-6-10-9(7-12)4-2-3-5-11(10)13-8/h6,9H,2-5,7,12H2,1H3.